The van der Waals surface area contributed by atoms with Gasteiger partial charge in [0.25, 0.3) is 0 Å². The Morgan fingerprint density at radius 2 is 2.26 bits per heavy atom. The number of rotatable bonds is 4. The number of carbonyl (C=O) groups is 2. The highest BCUT2D eigenvalue weighted by atomic mass is 16.5. The van der Waals surface area contributed by atoms with E-state index in [4.69, 9.17) is 5.73 Å². The summed E-state index contributed by atoms with van der Waals surface area (Å²) >= 11 is 0. The number of ether oxygens (including phenoxy) is 1. The van der Waals surface area contributed by atoms with E-state index in [-0.39, 0.29) is 18.6 Å². The Labute approximate surface area is 111 Å². The van der Waals surface area contributed by atoms with Crippen molar-refractivity contribution in [1.82, 2.24) is 5.32 Å². The Balaban J connectivity index is 2.03. The molecular formula is C13H17N3O3. The van der Waals surface area contributed by atoms with E-state index in [1.807, 2.05) is 24.3 Å². The number of anilines is 1. The van der Waals surface area contributed by atoms with Crippen LogP contribution < -0.4 is 16.0 Å². The van der Waals surface area contributed by atoms with Crippen LogP contribution in [0.25, 0.3) is 0 Å². The van der Waals surface area contributed by atoms with E-state index in [0.717, 1.165) is 11.3 Å². The predicted molar refractivity (Wildman–Crippen MR) is 70.7 cm³/mol. The average molecular weight is 263 g/mol. The second-order valence-electron chi connectivity index (χ2n) is 4.39. The number of amides is 2. The average Bonchev–Trinajstić information content (AvgIpc) is 2.40. The Morgan fingerprint density at radius 1 is 1.53 bits per heavy atom. The minimum atomic E-state index is -0.790. The molecule has 1 atom stereocenters. The van der Waals surface area contributed by atoms with Crippen LogP contribution in [0.15, 0.2) is 24.3 Å². The van der Waals surface area contributed by atoms with Gasteiger partial charge in [0.15, 0.2) is 0 Å². The van der Waals surface area contributed by atoms with Crippen molar-refractivity contribution in [1.29, 1.82) is 0 Å². The fourth-order valence-corrected chi connectivity index (χ4v) is 2.21. The van der Waals surface area contributed by atoms with Gasteiger partial charge < -0.3 is 20.7 Å². The molecule has 0 fully saturated rings. The number of para-hydroxylation sites is 1. The van der Waals surface area contributed by atoms with Gasteiger partial charge in [0.05, 0.1) is 0 Å². The van der Waals surface area contributed by atoms with E-state index in [0.29, 0.717) is 13.0 Å². The number of primary amides is 1. The van der Waals surface area contributed by atoms with E-state index < -0.39 is 6.09 Å². The first kappa shape index (κ1) is 13.4. The molecule has 0 saturated carbocycles. The summed E-state index contributed by atoms with van der Waals surface area (Å²) in [7, 11) is 1.77. The third-order valence-electron chi connectivity index (χ3n) is 3.16. The lowest BCUT2D eigenvalue weighted by Crippen LogP contribution is -2.38. The number of nitrogens with one attached hydrogen (secondary N) is 1. The van der Waals surface area contributed by atoms with Crippen LogP contribution in [-0.2, 0) is 9.53 Å². The van der Waals surface area contributed by atoms with Crippen molar-refractivity contribution in [2.45, 2.75) is 12.5 Å². The first-order chi connectivity index (χ1) is 9.09. The summed E-state index contributed by atoms with van der Waals surface area (Å²) in [6.45, 7) is 0.650. The summed E-state index contributed by atoms with van der Waals surface area (Å²) < 4.78 is 4.65. The van der Waals surface area contributed by atoms with Crippen LogP contribution in [0.3, 0.4) is 0 Å². The van der Waals surface area contributed by atoms with E-state index in [9.17, 15) is 9.59 Å². The third-order valence-corrected chi connectivity index (χ3v) is 3.16. The van der Waals surface area contributed by atoms with Crippen LogP contribution in [0.5, 0.6) is 0 Å². The second kappa shape index (κ2) is 5.71. The number of hydrogen-bond donors (Lipinski definition) is 2. The number of fused-ring (bicyclic) bond motifs is 1. The standard InChI is InChI=1S/C13H17N3O3/c1-16-11-5-3-2-4-9(11)10(8-12(16)17)15-6-7-19-13(14)18/h2-5,10,15H,6-8H2,1H3,(H2,14,18). The normalized spacial score (nSPS) is 18.1. The molecule has 6 heteroatoms. The minimum absolute atomic E-state index is 0.0589. The first-order valence-electron chi connectivity index (χ1n) is 6.10. The van der Waals surface area contributed by atoms with Crippen molar-refractivity contribution in [3.63, 3.8) is 0 Å². The molecule has 0 aliphatic carbocycles. The maximum absolute atomic E-state index is 11.9. The van der Waals surface area contributed by atoms with Crippen LogP contribution in [-0.4, -0.2) is 32.2 Å². The molecule has 0 aromatic heterocycles. The van der Waals surface area contributed by atoms with Gasteiger partial charge in [-0.2, -0.15) is 0 Å². The zero-order valence-corrected chi connectivity index (χ0v) is 10.8. The molecular weight excluding hydrogens is 246 g/mol. The van der Waals surface area contributed by atoms with E-state index in [1.165, 1.54) is 0 Å². The van der Waals surface area contributed by atoms with Gasteiger partial charge in [-0.25, -0.2) is 4.79 Å². The van der Waals surface area contributed by atoms with Gasteiger partial charge >= 0.3 is 6.09 Å². The van der Waals surface area contributed by atoms with Crippen molar-refractivity contribution in [2.75, 3.05) is 25.1 Å². The molecule has 6 nitrogen and oxygen atoms in total. The number of carbonyl (C=O) groups excluding carboxylic acids is 2. The van der Waals surface area contributed by atoms with Crippen LogP contribution >= 0.6 is 0 Å². The molecule has 1 aromatic rings. The van der Waals surface area contributed by atoms with Gasteiger partial charge in [-0.3, -0.25) is 4.79 Å². The lowest BCUT2D eigenvalue weighted by molar-refractivity contribution is -0.119. The first-order valence-corrected chi connectivity index (χ1v) is 6.10. The second-order valence-corrected chi connectivity index (χ2v) is 4.39. The molecule has 3 N–H and O–H groups in total. The zero-order valence-electron chi connectivity index (χ0n) is 10.8. The van der Waals surface area contributed by atoms with E-state index in [1.54, 1.807) is 11.9 Å². The summed E-state index contributed by atoms with van der Waals surface area (Å²) in [6.07, 6.45) is -0.397. The van der Waals surface area contributed by atoms with Gasteiger partial charge in [0.1, 0.15) is 6.61 Å². The third kappa shape index (κ3) is 3.03. The lowest BCUT2D eigenvalue weighted by atomic mass is 9.96. The van der Waals surface area contributed by atoms with E-state index >= 15 is 0 Å². The molecule has 1 unspecified atom stereocenters. The van der Waals surface area contributed by atoms with Crippen molar-refractivity contribution in [2.24, 2.45) is 5.73 Å². The van der Waals surface area contributed by atoms with Crippen molar-refractivity contribution >= 4 is 17.7 Å². The molecule has 0 spiro atoms. The zero-order chi connectivity index (χ0) is 13.8. The molecule has 0 radical (unpaired) electrons. The molecule has 1 aromatic carbocycles. The molecule has 1 heterocycles. The minimum Gasteiger partial charge on any atom is -0.448 e. The molecule has 2 rings (SSSR count). The van der Waals surface area contributed by atoms with Gasteiger partial charge in [-0.15, -0.1) is 0 Å². The molecule has 19 heavy (non-hydrogen) atoms. The van der Waals surface area contributed by atoms with Crippen molar-refractivity contribution in [3.05, 3.63) is 29.8 Å². The molecule has 1 aliphatic heterocycles. The van der Waals surface area contributed by atoms with Crippen LogP contribution in [0.2, 0.25) is 0 Å². The Bertz CT molecular complexity index is 490. The molecule has 0 bridgehead atoms. The Morgan fingerprint density at radius 3 is 3.00 bits per heavy atom. The number of benzene rings is 1. The van der Waals surface area contributed by atoms with Crippen LogP contribution in [0, 0.1) is 0 Å². The fourth-order valence-electron chi connectivity index (χ4n) is 2.21. The molecule has 0 saturated heterocycles. The summed E-state index contributed by atoms with van der Waals surface area (Å²) in [5.74, 6) is 0.0621. The SMILES string of the molecule is CN1C(=O)CC(NCCOC(N)=O)c2ccccc21. The highest BCUT2D eigenvalue weighted by Gasteiger charge is 2.28. The van der Waals surface area contributed by atoms with Gasteiger partial charge in [0, 0.05) is 31.7 Å². The Hall–Kier alpha value is -2.08. The quantitative estimate of drug-likeness (QED) is 0.786. The molecule has 2 amide bonds. The van der Waals surface area contributed by atoms with Gasteiger partial charge in [0.2, 0.25) is 5.91 Å². The predicted octanol–water partition coefficient (Wildman–Crippen LogP) is 0.779. The van der Waals surface area contributed by atoms with Crippen LogP contribution in [0.4, 0.5) is 10.5 Å². The van der Waals surface area contributed by atoms with Crippen LogP contribution in [0.1, 0.15) is 18.0 Å². The lowest BCUT2D eigenvalue weighted by Gasteiger charge is -2.32. The molecule has 1 aliphatic rings. The fraction of sp³-hybridized carbons (Fsp3) is 0.385. The largest absolute Gasteiger partial charge is 0.448 e. The van der Waals surface area contributed by atoms with Gasteiger partial charge in [-0.1, -0.05) is 18.2 Å². The van der Waals surface area contributed by atoms with Gasteiger partial charge in [-0.05, 0) is 11.6 Å². The maximum Gasteiger partial charge on any atom is 0.404 e. The summed E-state index contributed by atoms with van der Waals surface area (Å²) in [4.78, 5) is 24.0. The summed E-state index contributed by atoms with van der Waals surface area (Å²) in [5, 5.41) is 3.20. The smallest absolute Gasteiger partial charge is 0.404 e. The summed E-state index contributed by atoms with van der Waals surface area (Å²) in [5.41, 5.74) is 6.86. The number of hydrogen-bond acceptors (Lipinski definition) is 4. The monoisotopic (exact) mass is 263 g/mol. The van der Waals surface area contributed by atoms with Crippen molar-refractivity contribution in [3.8, 4) is 0 Å². The highest BCUT2D eigenvalue weighted by molar-refractivity contribution is 5.96. The molecule has 102 valence electrons. The topological polar surface area (TPSA) is 84.7 Å². The maximum atomic E-state index is 11.9. The Kier molecular flexibility index (Phi) is 4.01. The van der Waals surface area contributed by atoms with E-state index in [2.05, 4.69) is 10.1 Å². The van der Waals surface area contributed by atoms with Crippen molar-refractivity contribution < 1.29 is 14.3 Å². The number of nitrogens with two attached hydrogens (primary N) is 1. The highest BCUT2D eigenvalue weighted by Crippen LogP contribution is 2.33. The number of nitrogens with zero attached hydrogens (tertiary/aromatic N) is 1. The summed E-state index contributed by atoms with van der Waals surface area (Å²) in [6, 6.07) is 7.70.